The fourth-order valence-electron chi connectivity index (χ4n) is 3.85. The lowest BCUT2D eigenvalue weighted by Crippen LogP contribution is -2.32. The molecule has 0 bridgehead atoms. The Hall–Kier alpha value is -3.28. The maximum atomic E-state index is 12.9. The van der Waals surface area contributed by atoms with Gasteiger partial charge in [0.2, 0.25) is 5.91 Å². The van der Waals surface area contributed by atoms with Crippen molar-refractivity contribution in [3.63, 3.8) is 0 Å². The first-order valence-corrected chi connectivity index (χ1v) is 9.91. The molecule has 4 rings (SSSR count). The van der Waals surface area contributed by atoms with Crippen molar-refractivity contribution in [1.82, 2.24) is 15.1 Å². The number of benzene rings is 2. The molecule has 1 fully saturated rings. The first-order chi connectivity index (χ1) is 14.3. The predicted octanol–water partition coefficient (Wildman–Crippen LogP) is 4.22. The fourth-order valence-corrected chi connectivity index (χ4v) is 3.85. The summed E-state index contributed by atoms with van der Waals surface area (Å²) in [6, 6.07) is 17.5. The third-order valence-electron chi connectivity index (χ3n) is 5.28. The van der Waals surface area contributed by atoms with Crippen LogP contribution in [0, 0.1) is 0 Å². The summed E-state index contributed by atoms with van der Waals surface area (Å²) in [6.07, 6.45) is 4.08. The number of H-pyrrole nitrogens is 1. The Kier molecular flexibility index (Phi) is 5.79. The number of carbonyl (C=O) groups is 1. The van der Waals surface area contributed by atoms with Gasteiger partial charge in [-0.05, 0) is 42.7 Å². The molecular formula is C23H25N3O3. The second kappa shape index (κ2) is 8.82. The number of hydrogen-bond donors (Lipinski definition) is 1. The monoisotopic (exact) mass is 391 g/mol. The van der Waals surface area contributed by atoms with Gasteiger partial charge >= 0.3 is 0 Å². The molecule has 3 aromatic rings. The van der Waals surface area contributed by atoms with E-state index in [-0.39, 0.29) is 11.9 Å². The van der Waals surface area contributed by atoms with Gasteiger partial charge in [0, 0.05) is 12.1 Å². The summed E-state index contributed by atoms with van der Waals surface area (Å²) in [4.78, 5) is 14.8. The Balaban J connectivity index is 1.46. The third-order valence-corrected chi connectivity index (χ3v) is 5.28. The molecule has 1 atom stereocenters. The van der Waals surface area contributed by atoms with Crippen LogP contribution in [0.15, 0.2) is 60.8 Å². The standard InChI is InChI=1S/C23H25N3O3/c1-28-19-10-5-7-17(15-19)20-16-24-25-23(20)21-11-6-13-26(21)22(27)12-14-29-18-8-3-2-4-9-18/h2-5,7-10,15-16,21H,6,11-14H2,1H3,(H,24,25)/t21-/m0/s1. The number of rotatable bonds is 7. The molecule has 2 heterocycles. The van der Waals surface area contributed by atoms with Crippen LogP contribution in [0.5, 0.6) is 11.5 Å². The van der Waals surface area contributed by atoms with Gasteiger partial charge in [-0.25, -0.2) is 0 Å². The number of aromatic nitrogens is 2. The van der Waals surface area contributed by atoms with Crippen molar-refractivity contribution in [2.24, 2.45) is 0 Å². The van der Waals surface area contributed by atoms with Crippen LogP contribution in [-0.2, 0) is 4.79 Å². The van der Waals surface area contributed by atoms with Crippen LogP contribution in [0.1, 0.15) is 31.0 Å². The molecule has 1 aliphatic heterocycles. The number of para-hydroxylation sites is 1. The molecule has 0 spiro atoms. The van der Waals surface area contributed by atoms with Crippen LogP contribution < -0.4 is 9.47 Å². The number of likely N-dealkylation sites (tertiary alicyclic amines) is 1. The number of nitrogens with one attached hydrogen (secondary N) is 1. The Morgan fingerprint density at radius 1 is 1.17 bits per heavy atom. The van der Waals surface area contributed by atoms with E-state index in [0.29, 0.717) is 13.0 Å². The second-order valence-corrected chi connectivity index (χ2v) is 7.09. The van der Waals surface area contributed by atoms with Crippen LogP contribution in [-0.4, -0.2) is 41.3 Å². The van der Waals surface area contributed by atoms with Gasteiger partial charge in [-0.1, -0.05) is 30.3 Å². The summed E-state index contributed by atoms with van der Waals surface area (Å²) >= 11 is 0. The summed E-state index contributed by atoms with van der Waals surface area (Å²) in [7, 11) is 1.66. The largest absolute Gasteiger partial charge is 0.497 e. The van der Waals surface area contributed by atoms with Crippen LogP contribution in [0.3, 0.4) is 0 Å². The highest BCUT2D eigenvalue weighted by Crippen LogP contribution is 2.37. The number of ether oxygens (including phenoxy) is 2. The smallest absolute Gasteiger partial charge is 0.226 e. The van der Waals surface area contributed by atoms with E-state index in [9.17, 15) is 4.79 Å². The average molecular weight is 391 g/mol. The lowest BCUT2D eigenvalue weighted by atomic mass is 10.0. The van der Waals surface area contributed by atoms with Crippen molar-refractivity contribution in [2.75, 3.05) is 20.3 Å². The van der Waals surface area contributed by atoms with Crippen LogP contribution in [0.25, 0.3) is 11.1 Å². The summed E-state index contributed by atoms with van der Waals surface area (Å²) < 4.78 is 11.0. The Bertz CT molecular complexity index is 955. The van der Waals surface area contributed by atoms with E-state index < -0.39 is 0 Å². The number of carbonyl (C=O) groups excluding carboxylic acids is 1. The van der Waals surface area contributed by atoms with Gasteiger partial charge in [0.25, 0.3) is 0 Å². The third kappa shape index (κ3) is 4.26. The van der Waals surface area contributed by atoms with Crippen LogP contribution in [0.4, 0.5) is 0 Å². The van der Waals surface area contributed by atoms with Gasteiger partial charge in [0.1, 0.15) is 11.5 Å². The maximum absolute atomic E-state index is 12.9. The topological polar surface area (TPSA) is 67.5 Å². The summed E-state index contributed by atoms with van der Waals surface area (Å²) in [5.74, 6) is 1.69. The number of methoxy groups -OCH3 is 1. The minimum atomic E-state index is 0.00271. The average Bonchev–Trinajstić information content (AvgIpc) is 3.43. The first-order valence-electron chi connectivity index (χ1n) is 9.91. The van der Waals surface area contributed by atoms with Crippen molar-refractivity contribution >= 4 is 5.91 Å². The minimum absolute atomic E-state index is 0.00271. The van der Waals surface area contributed by atoms with E-state index in [4.69, 9.17) is 9.47 Å². The Labute approximate surface area is 170 Å². The van der Waals surface area contributed by atoms with E-state index in [1.54, 1.807) is 7.11 Å². The van der Waals surface area contributed by atoms with Gasteiger partial charge in [0.15, 0.2) is 0 Å². The highest BCUT2D eigenvalue weighted by molar-refractivity contribution is 5.78. The zero-order valence-electron chi connectivity index (χ0n) is 16.5. The number of hydrogen-bond acceptors (Lipinski definition) is 4. The number of amides is 1. The molecule has 6 heteroatoms. The molecule has 6 nitrogen and oxygen atoms in total. The summed E-state index contributed by atoms with van der Waals surface area (Å²) in [5.41, 5.74) is 3.02. The number of aromatic amines is 1. The summed E-state index contributed by atoms with van der Waals surface area (Å²) in [5, 5.41) is 7.40. The van der Waals surface area contributed by atoms with Gasteiger partial charge in [-0.2, -0.15) is 5.10 Å². The predicted molar refractivity (Wildman–Crippen MR) is 111 cm³/mol. The Morgan fingerprint density at radius 3 is 2.83 bits per heavy atom. The molecule has 2 aromatic carbocycles. The maximum Gasteiger partial charge on any atom is 0.226 e. The molecule has 0 saturated carbocycles. The first kappa shape index (κ1) is 19.1. The number of nitrogens with zero attached hydrogens (tertiary/aromatic N) is 2. The molecule has 0 radical (unpaired) electrons. The van der Waals surface area contributed by atoms with Gasteiger partial charge in [-0.3, -0.25) is 9.89 Å². The zero-order chi connectivity index (χ0) is 20.1. The molecule has 1 amide bonds. The molecule has 0 aliphatic carbocycles. The molecule has 1 aliphatic rings. The van der Waals surface area contributed by atoms with Gasteiger partial charge in [0.05, 0.1) is 38.1 Å². The highest BCUT2D eigenvalue weighted by atomic mass is 16.5. The lowest BCUT2D eigenvalue weighted by Gasteiger charge is -2.25. The quantitative estimate of drug-likeness (QED) is 0.655. The van der Waals surface area contributed by atoms with Crippen LogP contribution >= 0.6 is 0 Å². The molecular weight excluding hydrogens is 366 g/mol. The van der Waals surface area contributed by atoms with E-state index >= 15 is 0 Å². The molecule has 1 saturated heterocycles. The van der Waals surface area contributed by atoms with Gasteiger partial charge in [-0.15, -0.1) is 0 Å². The molecule has 1 aromatic heterocycles. The van der Waals surface area contributed by atoms with E-state index in [0.717, 1.165) is 47.7 Å². The normalized spacial score (nSPS) is 16.0. The summed E-state index contributed by atoms with van der Waals surface area (Å²) in [6.45, 7) is 1.13. The molecule has 29 heavy (non-hydrogen) atoms. The van der Waals surface area contributed by atoms with Gasteiger partial charge < -0.3 is 14.4 Å². The fraction of sp³-hybridized carbons (Fsp3) is 0.304. The molecule has 1 N–H and O–H groups in total. The zero-order valence-corrected chi connectivity index (χ0v) is 16.5. The van der Waals surface area contributed by atoms with E-state index in [1.165, 1.54) is 0 Å². The van der Waals surface area contributed by atoms with Crippen molar-refractivity contribution < 1.29 is 14.3 Å². The molecule has 0 unspecified atom stereocenters. The van der Waals surface area contributed by atoms with E-state index in [1.807, 2.05) is 65.7 Å². The SMILES string of the molecule is COc1cccc(-c2cn[nH]c2[C@@H]2CCCN2C(=O)CCOc2ccccc2)c1. The van der Waals surface area contributed by atoms with E-state index in [2.05, 4.69) is 10.2 Å². The highest BCUT2D eigenvalue weighted by Gasteiger charge is 2.32. The van der Waals surface area contributed by atoms with Crippen molar-refractivity contribution in [1.29, 1.82) is 0 Å². The van der Waals surface area contributed by atoms with Crippen LogP contribution in [0.2, 0.25) is 0 Å². The van der Waals surface area contributed by atoms with Crippen molar-refractivity contribution in [3.05, 3.63) is 66.5 Å². The second-order valence-electron chi connectivity index (χ2n) is 7.09. The van der Waals surface area contributed by atoms with Crippen molar-refractivity contribution in [2.45, 2.75) is 25.3 Å². The lowest BCUT2D eigenvalue weighted by molar-refractivity contribution is -0.132. The van der Waals surface area contributed by atoms with Crippen molar-refractivity contribution in [3.8, 4) is 22.6 Å². The molecule has 150 valence electrons. The Morgan fingerprint density at radius 2 is 2.00 bits per heavy atom. The minimum Gasteiger partial charge on any atom is -0.497 e.